The van der Waals surface area contributed by atoms with E-state index in [-0.39, 0.29) is 24.2 Å². The summed E-state index contributed by atoms with van der Waals surface area (Å²) < 4.78 is 39.5. The molecule has 0 aliphatic carbocycles. The van der Waals surface area contributed by atoms with E-state index in [0.717, 1.165) is 17.7 Å². The van der Waals surface area contributed by atoms with Gasteiger partial charge in [0.25, 0.3) is 5.91 Å². The summed E-state index contributed by atoms with van der Waals surface area (Å²) in [5, 5.41) is 3.10. The Hall–Kier alpha value is -3.52. The van der Waals surface area contributed by atoms with Crippen LogP contribution in [0.15, 0.2) is 78.9 Å². The molecule has 36 heavy (non-hydrogen) atoms. The molecule has 0 spiro atoms. The number of anilines is 1. The average molecular weight is 509 g/mol. The number of fused-ring (bicyclic) bond motifs is 1. The van der Waals surface area contributed by atoms with Crippen molar-refractivity contribution in [2.24, 2.45) is 5.92 Å². The minimum absolute atomic E-state index is 0.102. The number of nitrogens with zero attached hydrogens (tertiary/aromatic N) is 1. The zero-order valence-corrected chi connectivity index (χ0v) is 21.6. The fraction of sp³-hybridized carbons (Fsp3) is 0.321. The van der Waals surface area contributed by atoms with Crippen molar-refractivity contribution in [1.29, 1.82) is 0 Å². The molecule has 1 heterocycles. The predicted molar refractivity (Wildman–Crippen MR) is 141 cm³/mol. The maximum absolute atomic E-state index is 13.5. The number of carbonyl (C=O) groups is 1. The highest BCUT2D eigenvalue weighted by atomic mass is 32.2. The summed E-state index contributed by atoms with van der Waals surface area (Å²) in [6.45, 7) is 4.08. The molecule has 0 aromatic heterocycles. The van der Waals surface area contributed by atoms with Gasteiger partial charge in [-0.05, 0) is 47.7 Å². The van der Waals surface area contributed by atoms with E-state index in [0.29, 0.717) is 22.9 Å². The summed E-state index contributed by atoms with van der Waals surface area (Å²) >= 11 is 0. The number of sulfonamides is 1. The monoisotopic (exact) mass is 508 g/mol. The minimum atomic E-state index is -3.76. The Morgan fingerprint density at radius 2 is 1.69 bits per heavy atom. The standard InChI is InChI=1S/C28H32N2O5S/c1-20(2)17-24(22-13-15-23(34-3)16-14-22)29-28(31)27-18-30(25-11-7-8-12-26(25)35-27)36(32,33)19-21-9-5-4-6-10-21/h4-16,20,24,27H,17-19H2,1-3H3,(H,29,31)/t24-,27-/m1/s1. The van der Waals surface area contributed by atoms with Crippen molar-refractivity contribution in [3.63, 3.8) is 0 Å². The van der Waals surface area contributed by atoms with Gasteiger partial charge in [0.1, 0.15) is 11.5 Å². The molecule has 0 saturated carbocycles. The first kappa shape index (κ1) is 25.6. The number of carbonyl (C=O) groups excluding carboxylic acids is 1. The molecule has 1 N–H and O–H groups in total. The summed E-state index contributed by atoms with van der Waals surface area (Å²) in [4.78, 5) is 13.4. The minimum Gasteiger partial charge on any atom is -0.497 e. The number of nitrogens with one attached hydrogen (secondary N) is 1. The lowest BCUT2D eigenvalue weighted by Crippen LogP contribution is -2.51. The van der Waals surface area contributed by atoms with E-state index in [1.807, 2.05) is 42.5 Å². The smallest absolute Gasteiger partial charge is 0.263 e. The molecule has 2 atom stereocenters. The molecule has 1 amide bonds. The molecule has 3 aromatic carbocycles. The van der Waals surface area contributed by atoms with Gasteiger partial charge >= 0.3 is 0 Å². The SMILES string of the molecule is COc1ccc([C@@H](CC(C)C)NC(=O)[C@H]2CN(S(=O)(=O)Cc3ccccc3)c3ccccc3O2)cc1. The summed E-state index contributed by atoms with van der Waals surface area (Å²) in [5.74, 6) is 0.905. The molecule has 3 aromatic rings. The molecule has 190 valence electrons. The van der Waals surface area contributed by atoms with Crippen LogP contribution < -0.4 is 19.1 Å². The van der Waals surface area contributed by atoms with Gasteiger partial charge in [-0.3, -0.25) is 9.10 Å². The Balaban J connectivity index is 1.58. The largest absolute Gasteiger partial charge is 0.497 e. The molecule has 0 unspecified atom stereocenters. The number of rotatable bonds is 9. The number of benzene rings is 3. The molecule has 7 nitrogen and oxygen atoms in total. The zero-order valence-electron chi connectivity index (χ0n) is 20.8. The molecule has 0 saturated heterocycles. The van der Waals surface area contributed by atoms with E-state index in [9.17, 15) is 13.2 Å². The second-order valence-corrected chi connectivity index (χ2v) is 11.2. The average Bonchev–Trinajstić information content (AvgIpc) is 2.87. The van der Waals surface area contributed by atoms with Crippen LogP contribution in [0, 0.1) is 5.92 Å². The van der Waals surface area contributed by atoms with Gasteiger partial charge in [0.15, 0.2) is 6.10 Å². The first-order chi connectivity index (χ1) is 17.3. The number of methoxy groups -OCH3 is 1. The summed E-state index contributed by atoms with van der Waals surface area (Å²) in [6.07, 6.45) is -0.268. The lowest BCUT2D eigenvalue weighted by Gasteiger charge is -2.35. The van der Waals surface area contributed by atoms with E-state index in [2.05, 4.69) is 19.2 Å². The van der Waals surface area contributed by atoms with Crippen LogP contribution in [0.4, 0.5) is 5.69 Å². The lowest BCUT2D eigenvalue weighted by molar-refractivity contribution is -0.128. The van der Waals surface area contributed by atoms with Gasteiger partial charge in [0, 0.05) is 0 Å². The van der Waals surface area contributed by atoms with Crippen molar-refractivity contribution in [3.8, 4) is 11.5 Å². The molecule has 0 bridgehead atoms. The van der Waals surface area contributed by atoms with Crippen LogP contribution in [0.5, 0.6) is 11.5 Å². The highest BCUT2D eigenvalue weighted by molar-refractivity contribution is 7.92. The molecule has 0 fully saturated rings. The van der Waals surface area contributed by atoms with Crippen molar-refractivity contribution < 1.29 is 22.7 Å². The molecular weight excluding hydrogens is 476 g/mol. The number of ether oxygens (including phenoxy) is 2. The van der Waals surface area contributed by atoms with Crippen LogP contribution in [-0.2, 0) is 20.6 Å². The number of para-hydroxylation sites is 2. The van der Waals surface area contributed by atoms with Crippen molar-refractivity contribution in [2.45, 2.75) is 38.2 Å². The topological polar surface area (TPSA) is 84.9 Å². The van der Waals surface area contributed by atoms with Crippen LogP contribution in [0.25, 0.3) is 0 Å². The predicted octanol–water partition coefficient (Wildman–Crippen LogP) is 4.70. The van der Waals surface area contributed by atoms with Crippen LogP contribution >= 0.6 is 0 Å². The van der Waals surface area contributed by atoms with E-state index in [1.54, 1.807) is 43.5 Å². The molecule has 8 heteroatoms. The van der Waals surface area contributed by atoms with Gasteiger partial charge in [-0.25, -0.2) is 8.42 Å². The number of amides is 1. The molecule has 1 aliphatic heterocycles. The second kappa shape index (κ2) is 11.0. The van der Waals surface area contributed by atoms with Crippen LogP contribution in [0.3, 0.4) is 0 Å². The lowest BCUT2D eigenvalue weighted by atomic mass is 9.96. The van der Waals surface area contributed by atoms with E-state index >= 15 is 0 Å². The first-order valence-electron chi connectivity index (χ1n) is 12.0. The summed E-state index contributed by atoms with van der Waals surface area (Å²) in [7, 11) is -2.15. The first-order valence-corrected chi connectivity index (χ1v) is 13.6. The van der Waals surface area contributed by atoms with E-state index in [4.69, 9.17) is 9.47 Å². The van der Waals surface area contributed by atoms with Crippen LogP contribution in [0.1, 0.15) is 37.4 Å². The normalized spacial score (nSPS) is 16.1. The Morgan fingerprint density at radius 1 is 1.03 bits per heavy atom. The third-order valence-corrected chi connectivity index (χ3v) is 7.81. The molecule has 1 aliphatic rings. The zero-order chi connectivity index (χ0) is 25.7. The van der Waals surface area contributed by atoms with Crippen molar-refractivity contribution >= 4 is 21.6 Å². The number of hydrogen-bond acceptors (Lipinski definition) is 5. The molecule has 4 rings (SSSR count). The van der Waals surface area contributed by atoms with Crippen molar-refractivity contribution in [2.75, 3.05) is 18.0 Å². The maximum Gasteiger partial charge on any atom is 0.263 e. The highest BCUT2D eigenvalue weighted by Gasteiger charge is 2.37. The number of hydrogen-bond donors (Lipinski definition) is 1. The van der Waals surface area contributed by atoms with E-state index < -0.39 is 16.1 Å². The van der Waals surface area contributed by atoms with Crippen LogP contribution in [-0.4, -0.2) is 34.1 Å². The maximum atomic E-state index is 13.5. The van der Waals surface area contributed by atoms with Gasteiger partial charge in [0.05, 0.1) is 31.1 Å². The Labute approximate surface area is 213 Å². The Bertz CT molecular complexity index is 1280. The second-order valence-electron chi connectivity index (χ2n) is 9.31. The van der Waals surface area contributed by atoms with Gasteiger partial charge in [-0.1, -0.05) is 68.4 Å². The fourth-order valence-corrected chi connectivity index (χ4v) is 5.90. The summed E-state index contributed by atoms with van der Waals surface area (Å²) in [6, 6.07) is 23.3. The van der Waals surface area contributed by atoms with Gasteiger partial charge in [-0.2, -0.15) is 0 Å². The van der Waals surface area contributed by atoms with Crippen molar-refractivity contribution in [3.05, 3.63) is 90.0 Å². The fourth-order valence-electron chi connectivity index (χ4n) is 4.32. The van der Waals surface area contributed by atoms with Crippen molar-refractivity contribution in [1.82, 2.24) is 5.32 Å². The third kappa shape index (κ3) is 5.99. The van der Waals surface area contributed by atoms with E-state index in [1.165, 1.54) is 4.31 Å². The highest BCUT2D eigenvalue weighted by Crippen LogP contribution is 2.36. The van der Waals surface area contributed by atoms with Gasteiger partial charge in [-0.15, -0.1) is 0 Å². The van der Waals surface area contributed by atoms with Gasteiger partial charge in [0.2, 0.25) is 10.0 Å². The van der Waals surface area contributed by atoms with Crippen LogP contribution in [0.2, 0.25) is 0 Å². The Morgan fingerprint density at radius 3 is 2.36 bits per heavy atom. The Kier molecular flexibility index (Phi) is 7.84. The molecule has 0 radical (unpaired) electrons. The molecular formula is C28H32N2O5S. The quantitative estimate of drug-likeness (QED) is 0.453. The third-order valence-electron chi connectivity index (χ3n) is 6.10. The summed E-state index contributed by atoms with van der Waals surface area (Å²) in [5.41, 5.74) is 2.06. The van der Waals surface area contributed by atoms with Gasteiger partial charge < -0.3 is 14.8 Å².